The van der Waals surface area contributed by atoms with Gasteiger partial charge in [-0.25, -0.2) is 0 Å². The van der Waals surface area contributed by atoms with Gasteiger partial charge in [0.05, 0.1) is 18.6 Å². The van der Waals surface area contributed by atoms with Crippen molar-refractivity contribution in [2.24, 2.45) is 5.41 Å². The van der Waals surface area contributed by atoms with Crippen LogP contribution < -0.4 is 4.74 Å². The molecule has 0 spiro atoms. The first kappa shape index (κ1) is 13.3. The summed E-state index contributed by atoms with van der Waals surface area (Å²) >= 11 is 0. The Morgan fingerprint density at radius 3 is 2.28 bits per heavy atom. The summed E-state index contributed by atoms with van der Waals surface area (Å²) in [6.07, 6.45) is 0. The van der Waals surface area contributed by atoms with E-state index < -0.39 is 31.1 Å². The molecule has 0 amide bonds. The molecule has 1 aromatic carbocycles. The number of aliphatic hydroxyl groups excluding tert-OH is 2. The van der Waals surface area contributed by atoms with Gasteiger partial charge in [0.1, 0.15) is 5.75 Å². The van der Waals surface area contributed by atoms with Crippen molar-refractivity contribution in [3.05, 3.63) is 30.3 Å². The Labute approximate surface area is 104 Å². The van der Waals surface area contributed by atoms with Gasteiger partial charge < -0.3 is 20.1 Å². The summed E-state index contributed by atoms with van der Waals surface area (Å²) < 4.78 is 15.4. The number of para-hydroxylation sites is 1. The van der Waals surface area contributed by atoms with Crippen LogP contribution in [0.25, 0.3) is 0 Å². The Bertz CT molecular complexity index is 383. The lowest BCUT2D eigenvalue weighted by molar-refractivity contribution is -0.601. The van der Waals surface area contributed by atoms with Crippen LogP contribution in [0.3, 0.4) is 0 Å². The van der Waals surface area contributed by atoms with Crippen molar-refractivity contribution in [2.75, 3.05) is 13.2 Å². The Hall–Kier alpha value is -1.18. The van der Waals surface area contributed by atoms with E-state index in [1.165, 1.54) is 6.92 Å². The SMILES string of the molecule is CC(CO)(CO)C1(O)OC(Oc2ccccc2)O1. The van der Waals surface area contributed by atoms with Gasteiger partial charge in [-0.15, -0.1) is 0 Å². The highest BCUT2D eigenvalue weighted by molar-refractivity contribution is 5.21. The highest BCUT2D eigenvalue weighted by Crippen LogP contribution is 2.42. The van der Waals surface area contributed by atoms with Crippen molar-refractivity contribution in [3.63, 3.8) is 0 Å². The molecule has 1 fully saturated rings. The molecule has 1 saturated heterocycles. The van der Waals surface area contributed by atoms with Crippen molar-refractivity contribution >= 4 is 0 Å². The molecule has 0 radical (unpaired) electrons. The van der Waals surface area contributed by atoms with E-state index in [0.29, 0.717) is 5.75 Å². The molecule has 0 bridgehead atoms. The second kappa shape index (κ2) is 4.83. The standard InChI is InChI=1S/C12H16O6/c1-11(7-13,8-14)12(15)17-10(18-12)16-9-5-3-2-4-6-9/h2-6,10,13-15H,7-8H2,1H3. The van der Waals surface area contributed by atoms with E-state index >= 15 is 0 Å². The molecule has 1 aromatic rings. The minimum Gasteiger partial charge on any atom is -0.441 e. The molecule has 100 valence electrons. The molecule has 18 heavy (non-hydrogen) atoms. The Kier molecular flexibility index (Phi) is 3.56. The van der Waals surface area contributed by atoms with Crippen LogP contribution in [0.2, 0.25) is 0 Å². The molecule has 0 aromatic heterocycles. The van der Waals surface area contributed by atoms with Crippen molar-refractivity contribution in [1.82, 2.24) is 0 Å². The van der Waals surface area contributed by atoms with Gasteiger partial charge in [0, 0.05) is 0 Å². The maximum atomic E-state index is 9.93. The minimum absolute atomic E-state index is 0.488. The van der Waals surface area contributed by atoms with E-state index in [9.17, 15) is 5.11 Å². The number of hydrogen-bond donors (Lipinski definition) is 3. The molecule has 0 saturated carbocycles. The third-order valence-corrected chi connectivity index (χ3v) is 2.95. The summed E-state index contributed by atoms with van der Waals surface area (Å²) in [5, 5.41) is 28.2. The first-order chi connectivity index (χ1) is 8.53. The molecule has 0 unspecified atom stereocenters. The molecule has 0 atom stereocenters. The largest absolute Gasteiger partial charge is 0.441 e. The van der Waals surface area contributed by atoms with E-state index in [4.69, 9.17) is 24.4 Å². The fourth-order valence-electron chi connectivity index (χ4n) is 1.46. The van der Waals surface area contributed by atoms with Gasteiger partial charge in [-0.05, 0) is 19.1 Å². The van der Waals surface area contributed by atoms with Gasteiger partial charge in [-0.1, -0.05) is 18.2 Å². The molecule has 1 heterocycles. The molecule has 2 rings (SSSR count). The van der Waals surface area contributed by atoms with Crippen molar-refractivity contribution in [1.29, 1.82) is 0 Å². The third-order valence-electron chi connectivity index (χ3n) is 2.95. The van der Waals surface area contributed by atoms with E-state index in [0.717, 1.165) is 0 Å². The predicted octanol–water partition coefficient (Wildman–Crippen LogP) is 0.0328. The normalized spacial score (nSPS) is 27.7. The Balaban J connectivity index is 1.94. The van der Waals surface area contributed by atoms with Crippen LogP contribution in [0.5, 0.6) is 5.75 Å². The first-order valence-corrected chi connectivity index (χ1v) is 5.54. The quantitative estimate of drug-likeness (QED) is 0.689. The van der Waals surface area contributed by atoms with Crippen LogP contribution in [0, 0.1) is 5.41 Å². The predicted molar refractivity (Wildman–Crippen MR) is 60.3 cm³/mol. The Morgan fingerprint density at radius 2 is 1.78 bits per heavy atom. The van der Waals surface area contributed by atoms with Crippen molar-refractivity contribution in [3.8, 4) is 5.75 Å². The van der Waals surface area contributed by atoms with Crippen LogP contribution >= 0.6 is 0 Å². The zero-order chi connectivity index (χ0) is 13.2. The van der Waals surface area contributed by atoms with Gasteiger partial charge in [0.15, 0.2) is 0 Å². The lowest BCUT2D eigenvalue weighted by atomic mass is 9.89. The topological polar surface area (TPSA) is 88.4 Å². The molecule has 0 aliphatic carbocycles. The lowest BCUT2D eigenvalue weighted by Gasteiger charge is -2.50. The number of hydrogen-bond acceptors (Lipinski definition) is 6. The number of rotatable bonds is 5. The van der Waals surface area contributed by atoms with Crippen LogP contribution in [0.1, 0.15) is 6.92 Å². The summed E-state index contributed by atoms with van der Waals surface area (Å²) in [5.74, 6) is -1.52. The van der Waals surface area contributed by atoms with E-state index in [1.807, 2.05) is 6.07 Å². The molecule has 3 N–H and O–H groups in total. The van der Waals surface area contributed by atoms with Gasteiger partial charge >= 0.3 is 6.48 Å². The summed E-state index contributed by atoms with van der Waals surface area (Å²) in [6.45, 7) is -0.600. The first-order valence-electron chi connectivity index (χ1n) is 5.54. The summed E-state index contributed by atoms with van der Waals surface area (Å²) in [5.41, 5.74) is -1.32. The molecule has 1 aliphatic rings. The van der Waals surface area contributed by atoms with Gasteiger partial charge in [0.2, 0.25) is 0 Å². The van der Waals surface area contributed by atoms with Gasteiger partial charge in [0.25, 0.3) is 5.97 Å². The van der Waals surface area contributed by atoms with E-state index in [1.54, 1.807) is 24.3 Å². The zero-order valence-electron chi connectivity index (χ0n) is 9.94. The van der Waals surface area contributed by atoms with Crippen molar-refractivity contribution < 1.29 is 29.5 Å². The zero-order valence-corrected chi connectivity index (χ0v) is 9.94. The van der Waals surface area contributed by atoms with Crippen LogP contribution in [0.4, 0.5) is 0 Å². The molecule has 6 heteroatoms. The molecule has 1 aliphatic heterocycles. The average molecular weight is 256 g/mol. The Morgan fingerprint density at radius 1 is 1.22 bits per heavy atom. The fourth-order valence-corrected chi connectivity index (χ4v) is 1.46. The van der Waals surface area contributed by atoms with Crippen LogP contribution in [-0.4, -0.2) is 41.0 Å². The maximum Gasteiger partial charge on any atom is 0.324 e. The van der Waals surface area contributed by atoms with Crippen molar-refractivity contribution in [2.45, 2.75) is 19.4 Å². The average Bonchev–Trinajstić information content (AvgIpc) is 2.37. The number of ether oxygens (including phenoxy) is 3. The summed E-state index contributed by atoms with van der Waals surface area (Å²) in [4.78, 5) is 0. The smallest absolute Gasteiger partial charge is 0.324 e. The maximum absolute atomic E-state index is 9.93. The summed E-state index contributed by atoms with van der Waals surface area (Å²) in [6, 6.07) is 8.82. The molecular weight excluding hydrogens is 240 g/mol. The molecular formula is C12H16O6. The fraction of sp³-hybridized carbons (Fsp3) is 0.500. The monoisotopic (exact) mass is 256 g/mol. The second-order valence-electron chi connectivity index (χ2n) is 4.41. The summed E-state index contributed by atoms with van der Waals surface area (Å²) in [7, 11) is 0. The molecule has 6 nitrogen and oxygen atoms in total. The van der Waals surface area contributed by atoms with E-state index in [2.05, 4.69) is 0 Å². The highest BCUT2D eigenvalue weighted by atomic mass is 17.0. The minimum atomic E-state index is -2.05. The highest BCUT2D eigenvalue weighted by Gasteiger charge is 2.60. The number of benzene rings is 1. The number of aliphatic hydroxyl groups is 3. The van der Waals surface area contributed by atoms with Crippen LogP contribution in [0.15, 0.2) is 30.3 Å². The second-order valence-corrected chi connectivity index (χ2v) is 4.41. The van der Waals surface area contributed by atoms with Gasteiger partial charge in [-0.3, -0.25) is 9.47 Å². The van der Waals surface area contributed by atoms with Crippen LogP contribution in [-0.2, 0) is 9.47 Å². The van der Waals surface area contributed by atoms with E-state index in [-0.39, 0.29) is 0 Å². The van der Waals surface area contributed by atoms with Gasteiger partial charge in [-0.2, -0.15) is 0 Å². The third kappa shape index (κ3) is 2.21. The lowest BCUT2D eigenvalue weighted by Crippen LogP contribution is -2.66.